The predicted octanol–water partition coefficient (Wildman–Crippen LogP) is 4.02. The molecule has 0 radical (unpaired) electrons. The van der Waals surface area contributed by atoms with Crippen molar-refractivity contribution >= 4 is 17.4 Å². The number of aromatic nitrogens is 2. The van der Waals surface area contributed by atoms with Crippen molar-refractivity contribution in [2.45, 2.75) is 51.9 Å². The predicted molar refractivity (Wildman–Crippen MR) is 138 cm³/mol. The molecule has 0 spiro atoms. The molecular weight excluding hydrogens is 440 g/mol. The number of nitrogens with one attached hydrogen (secondary N) is 1. The molecule has 1 aromatic carbocycles. The summed E-state index contributed by atoms with van der Waals surface area (Å²) in [6, 6.07) is 8.37. The molecule has 2 aromatic rings. The van der Waals surface area contributed by atoms with Gasteiger partial charge in [0.25, 0.3) is 0 Å². The summed E-state index contributed by atoms with van der Waals surface area (Å²) >= 11 is 0. The summed E-state index contributed by atoms with van der Waals surface area (Å²) in [5.41, 5.74) is 3.68. The highest BCUT2D eigenvalue weighted by molar-refractivity contribution is 5.80. The fourth-order valence-electron chi connectivity index (χ4n) is 4.74. The molecule has 35 heavy (non-hydrogen) atoms. The maximum absolute atomic E-state index is 12.2. The van der Waals surface area contributed by atoms with Crippen LogP contribution in [0.1, 0.15) is 56.6 Å². The van der Waals surface area contributed by atoms with E-state index in [1.807, 2.05) is 12.4 Å². The van der Waals surface area contributed by atoms with Crippen molar-refractivity contribution in [2.75, 3.05) is 37.7 Å². The number of carbonyl (C=O) groups is 1. The van der Waals surface area contributed by atoms with Gasteiger partial charge in [-0.3, -0.25) is 4.79 Å². The minimum Gasteiger partial charge on any atom is -0.493 e. The van der Waals surface area contributed by atoms with Crippen molar-refractivity contribution < 1.29 is 14.6 Å². The molecule has 1 amide bonds. The monoisotopic (exact) mass is 478 g/mol. The van der Waals surface area contributed by atoms with E-state index in [0.29, 0.717) is 18.9 Å². The van der Waals surface area contributed by atoms with Crippen LogP contribution in [0.5, 0.6) is 5.75 Å². The maximum Gasteiger partial charge on any atom is 0.225 e. The second kappa shape index (κ2) is 12.7. The molecule has 2 aliphatic rings. The molecule has 1 saturated heterocycles. The molecule has 1 atom stereocenters. The summed E-state index contributed by atoms with van der Waals surface area (Å²) in [6.07, 6.45) is 12.3. The average Bonchev–Trinajstić information content (AvgIpc) is 2.93. The van der Waals surface area contributed by atoms with Crippen LogP contribution < -0.4 is 15.0 Å². The first-order valence-electron chi connectivity index (χ1n) is 13.0. The molecule has 1 aromatic heterocycles. The maximum atomic E-state index is 12.2. The van der Waals surface area contributed by atoms with E-state index in [4.69, 9.17) is 9.84 Å². The third-order valence-corrected chi connectivity index (χ3v) is 7.12. The van der Waals surface area contributed by atoms with Crippen LogP contribution in [0.3, 0.4) is 0 Å². The molecule has 188 valence electrons. The van der Waals surface area contributed by atoms with Gasteiger partial charge in [0.15, 0.2) is 0 Å². The number of piperidine rings is 1. The van der Waals surface area contributed by atoms with Crippen molar-refractivity contribution in [3.63, 3.8) is 0 Å². The molecule has 1 unspecified atom stereocenters. The lowest BCUT2D eigenvalue weighted by Gasteiger charge is -2.31. The van der Waals surface area contributed by atoms with E-state index in [1.54, 1.807) is 0 Å². The SMILES string of the molecule is CCc1cnc(N2CCC(COc3ccc(C4=CCC(C(=O)NCCCO)CC4)cc3)CC2)nc1. The van der Waals surface area contributed by atoms with E-state index in [-0.39, 0.29) is 18.4 Å². The zero-order chi connectivity index (χ0) is 24.5. The van der Waals surface area contributed by atoms with Gasteiger partial charge in [0.05, 0.1) is 6.61 Å². The van der Waals surface area contributed by atoms with Crippen LogP contribution in [0.2, 0.25) is 0 Å². The van der Waals surface area contributed by atoms with Gasteiger partial charge in [0, 0.05) is 44.6 Å². The van der Waals surface area contributed by atoms with Crippen molar-refractivity contribution in [3.8, 4) is 5.75 Å². The molecule has 7 heteroatoms. The number of rotatable bonds is 10. The minimum absolute atomic E-state index is 0.0359. The van der Waals surface area contributed by atoms with E-state index in [2.05, 4.69) is 57.4 Å². The molecular formula is C28H38N4O3. The Hall–Kier alpha value is -2.93. The highest BCUT2D eigenvalue weighted by Gasteiger charge is 2.23. The van der Waals surface area contributed by atoms with Crippen LogP contribution in [0.15, 0.2) is 42.7 Å². The lowest BCUT2D eigenvalue weighted by molar-refractivity contribution is -0.125. The lowest BCUT2D eigenvalue weighted by Crippen LogP contribution is -2.36. The molecule has 1 aliphatic carbocycles. The first-order valence-corrected chi connectivity index (χ1v) is 13.0. The number of aliphatic hydroxyl groups excluding tert-OH is 1. The number of benzene rings is 1. The first kappa shape index (κ1) is 25.2. The number of aryl methyl sites for hydroxylation is 1. The van der Waals surface area contributed by atoms with Gasteiger partial charge in [0.2, 0.25) is 11.9 Å². The largest absolute Gasteiger partial charge is 0.493 e. The standard InChI is InChI=1S/C28H38N4O3/c1-2-21-18-30-28(31-19-21)32-15-12-22(13-16-32)20-35-26-10-8-24(9-11-26)23-4-6-25(7-5-23)27(34)29-14-3-17-33/h4,8-11,18-19,22,25,33H,2-3,5-7,12-17,20H2,1H3,(H,29,34). The Kier molecular flexibility index (Phi) is 9.12. The van der Waals surface area contributed by atoms with Gasteiger partial charge in [-0.15, -0.1) is 0 Å². The Balaban J connectivity index is 1.20. The molecule has 1 aliphatic heterocycles. The number of anilines is 1. The molecule has 1 fully saturated rings. The zero-order valence-corrected chi connectivity index (χ0v) is 20.8. The molecule has 2 heterocycles. The van der Waals surface area contributed by atoms with E-state index in [1.165, 1.54) is 16.7 Å². The minimum atomic E-state index is 0.0359. The number of amides is 1. The van der Waals surface area contributed by atoms with E-state index < -0.39 is 0 Å². The Morgan fingerprint density at radius 2 is 1.89 bits per heavy atom. The number of allylic oxidation sites excluding steroid dienone is 2. The van der Waals surface area contributed by atoms with Gasteiger partial charge in [-0.1, -0.05) is 25.1 Å². The smallest absolute Gasteiger partial charge is 0.225 e. The Morgan fingerprint density at radius 3 is 2.51 bits per heavy atom. The van der Waals surface area contributed by atoms with Gasteiger partial charge in [-0.2, -0.15) is 0 Å². The summed E-state index contributed by atoms with van der Waals surface area (Å²) < 4.78 is 6.11. The van der Waals surface area contributed by atoms with E-state index in [9.17, 15) is 4.79 Å². The van der Waals surface area contributed by atoms with E-state index >= 15 is 0 Å². The first-order chi connectivity index (χ1) is 17.2. The number of hydrogen-bond acceptors (Lipinski definition) is 6. The highest BCUT2D eigenvalue weighted by atomic mass is 16.5. The highest BCUT2D eigenvalue weighted by Crippen LogP contribution is 2.31. The summed E-state index contributed by atoms with van der Waals surface area (Å²) in [4.78, 5) is 23.5. The molecule has 0 bridgehead atoms. The second-order valence-corrected chi connectivity index (χ2v) is 9.58. The van der Waals surface area contributed by atoms with Crippen LogP contribution in [0, 0.1) is 11.8 Å². The summed E-state index contributed by atoms with van der Waals surface area (Å²) in [5.74, 6) is 2.43. The Morgan fingerprint density at radius 1 is 1.14 bits per heavy atom. The number of aliphatic hydroxyl groups is 1. The third-order valence-electron chi connectivity index (χ3n) is 7.12. The van der Waals surface area contributed by atoms with Crippen molar-refractivity contribution in [1.82, 2.24) is 15.3 Å². The molecule has 0 saturated carbocycles. The number of ether oxygens (including phenoxy) is 1. The summed E-state index contributed by atoms with van der Waals surface area (Å²) in [7, 11) is 0. The topological polar surface area (TPSA) is 87.6 Å². The van der Waals surface area contributed by atoms with Crippen LogP contribution >= 0.6 is 0 Å². The van der Waals surface area contributed by atoms with Crippen LogP contribution in [0.25, 0.3) is 5.57 Å². The van der Waals surface area contributed by atoms with E-state index in [0.717, 1.165) is 69.9 Å². The number of carbonyl (C=O) groups excluding carboxylic acids is 1. The van der Waals surface area contributed by atoms with Crippen LogP contribution in [0.4, 0.5) is 5.95 Å². The van der Waals surface area contributed by atoms with Gasteiger partial charge in [0.1, 0.15) is 5.75 Å². The fraction of sp³-hybridized carbons (Fsp3) is 0.536. The van der Waals surface area contributed by atoms with Gasteiger partial charge >= 0.3 is 0 Å². The molecule has 2 N–H and O–H groups in total. The number of nitrogens with zero attached hydrogens (tertiary/aromatic N) is 3. The van der Waals surface area contributed by atoms with Crippen LogP contribution in [-0.2, 0) is 11.2 Å². The van der Waals surface area contributed by atoms with Crippen molar-refractivity contribution in [2.24, 2.45) is 11.8 Å². The summed E-state index contributed by atoms with van der Waals surface area (Å²) in [6.45, 7) is 5.44. The average molecular weight is 479 g/mol. The lowest BCUT2D eigenvalue weighted by atomic mass is 9.86. The van der Waals surface area contributed by atoms with Gasteiger partial charge < -0.3 is 20.1 Å². The fourth-order valence-corrected chi connectivity index (χ4v) is 4.74. The molecule has 4 rings (SSSR count). The van der Waals surface area contributed by atoms with Gasteiger partial charge in [-0.05, 0) is 79.7 Å². The summed E-state index contributed by atoms with van der Waals surface area (Å²) in [5, 5.41) is 11.8. The normalized spacial score (nSPS) is 18.7. The molecule has 7 nitrogen and oxygen atoms in total. The van der Waals surface area contributed by atoms with Gasteiger partial charge in [-0.25, -0.2) is 9.97 Å². The van der Waals surface area contributed by atoms with Crippen molar-refractivity contribution in [3.05, 3.63) is 53.9 Å². The second-order valence-electron chi connectivity index (χ2n) is 9.58. The van der Waals surface area contributed by atoms with Crippen LogP contribution in [-0.4, -0.2) is 53.8 Å². The van der Waals surface area contributed by atoms with Crippen molar-refractivity contribution in [1.29, 1.82) is 0 Å². The Bertz CT molecular complexity index is 967. The third kappa shape index (κ3) is 7.04. The number of hydrogen-bond donors (Lipinski definition) is 2. The zero-order valence-electron chi connectivity index (χ0n) is 20.8. The Labute approximate surface area is 208 Å². The quantitative estimate of drug-likeness (QED) is 0.502.